The Hall–Kier alpha value is -2.30. The van der Waals surface area contributed by atoms with Gasteiger partial charge < -0.3 is 10.0 Å². The summed E-state index contributed by atoms with van der Waals surface area (Å²) in [6.45, 7) is 4.44. The van der Waals surface area contributed by atoms with Crippen molar-refractivity contribution in [2.45, 2.75) is 13.8 Å². The first-order valence-corrected chi connectivity index (χ1v) is 6.51. The van der Waals surface area contributed by atoms with Crippen LogP contribution < -0.4 is 0 Å². The molecule has 4 heteroatoms. The van der Waals surface area contributed by atoms with Crippen LogP contribution >= 0.6 is 0 Å². The molecule has 0 fully saturated rings. The van der Waals surface area contributed by atoms with Crippen molar-refractivity contribution in [1.29, 1.82) is 5.26 Å². The fourth-order valence-electron chi connectivity index (χ4n) is 1.78. The van der Waals surface area contributed by atoms with Gasteiger partial charge in [0.2, 0.25) is 0 Å². The van der Waals surface area contributed by atoms with Gasteiger partial charge in [-0.3, -0.25) is 4.79 Å². The minimum atomic E-state index is -0.209. The van der Waals surface area contributed by atoms with Crippen LogP contribution in [-0.4, -0.2) is 35.6 Å². The molecule has 20 heavy (non-hydrogen) atoms. The minimum absolute atomic E-state index is 0.109. The number of hydrogen-bond acceptors (Lipinski definition) is 3. The van der Waals surface area contributed by atoms with E-state index in [4.69, 9.17) is 10.4 Å². The molecule has 0 saturated carbocycles. The van der Waals surface area contributed by atoms with Crippen LogP contribution in [0.3, 0.4) is 0 Å². The molecule has 1 rings (SSSR count). The lowest BCUT2D eigenvalue weighted by Crippen LogP contribution is -2.34. The highest BCUT2D eigenvalue weighted by Gasteiger charge is 2.16. The van der Waals surface area contributed by atoms with E-state index in [9.17, 15) is 4.79 Å². The second-order valence-corrected chi connectivity index (χ2v) is 4.41. The summed E-state index contributed by atoms with van der Waals surface area (Å²) in [6, 6.07) is 9.10. The predicted molar refractivity (Wildman–Crippen MR) is 76.8 cm³/mol. The average Bonchev–Trinajstić information content (AvgIpc) is 2.49. The topological polar surface area (TPSA) is 64.3 Å². The number of aliphatic hydroxyl groups excluding tert-OH is 1. The SMILES string of the molecule is CCN(CC(C)C#N)C(=O)c1cccc(C#CCO)c1. The van der Waals surface area contributed by atoms with Crippen LogP contribution in [0, 0.1) is 29.1 Å². The molecule has 1 aromatic rings. The molecule has 1 N–H and O–H groups in total. The number of benzene rings is 1. The molecule has 0 aromatic heterocycles. The van der Waals surface area contributed by atoms with Gasteiger partial charge in [0, 0.05) is 24.2 Å². The molecule has 104 valence electrons. The maximum Gasteiger partial charge on any atom is 0.253 e. The van der Waals surface area contributed by atoms with Gasteiger partial charge in [0.1, 0.15) is 6.61 Å². The number of carbonyl (C=O) groups is 1. The summed E-state index contributed by atoms with van der Waals surface area (Å²) in [5, 5.41) is 17.5. The van der Waals surface area contributed by atoms with E-state index in [1.807, 2.05) is 6.92 Å². The van der Waals surface area contributed by atoms with Gasteiger partial charge >= 0.3 is 0 Å². The van der Waals surface area contributed by atoms with E-state index < -0.39 is 0 Å². The van der Waals surface area contributed by atoms with E-state index in [2.05, 4.69) is 17.9 Å². The van der Waals surface area contributed by atoms with Crippen LogP contribution in [0.15, 0.2) is 24.3 Å². The van der Waals surface area contributed by atoms with Crippen molar-refractivity contribution in [3.8, 4) is 17.9 Å². The second kappa shape index (κ2) is 7.99. The Bertz CT molecular complexity index is 564. The van der Waals surface area contributed by atoms with Crippen molar-refractivity contribution in [3.63, 3.8) is 0 Å². The molecular formula is C16H18N2O2. The number of nitrogens with zero attached hydrogens (tertiary/aromatic N) is 2. The van der Waals surface area contributed by atoms with Crippen molar-refractivity contribution in [3.05, 3.63) is 35.4 Å². The molecular weight excluding hydrogens is 252 g/mol. The Morgan fingerprint density at radius 2 is 2.25 bits per heavy atom. The number of aliphatic hydroxyl groups is 1. The zero-order chi connectivity index (χ0) is 15.0. The molecule has 1 amide bonds. The largest absolute Gasteiger partial charge is 0.384 e. The van der Waals surface area contributed by atoms with Crippen LogP contribution in [0.25, 0.3) is 0 Å². The number of nitriles is 1. The molecule has 0 aliphatic rings. The number of amides is 1. The molecule has 1 aromatic carbocycles. The fourth-order valence-corrected chi connectivity index (χ4v) is 1.78. The van der Waals surface area contributed by atoms with Gasteiger partial charge in [0.15, 0.2) is 0 Å². The Balaban J connectivity index is 2.92. The number of rotatable bonds is 4. The zero-order valence-corrected chi connectivity index (χ0v) is 11.8. The molecule has 0 aliphatic carbocycles. The molecule has 0 aliphatic heterocycles. The third-order valence-electron chi connectivity index (χ3n) is 2.80. The highest BCUT2D eigenvalue weighted by Crippen LogP contribution is 2.10. The van der Waals surface area contributed by atoms with E-state index in [0.29, 0.717) is 24.2 Å². The lowest BCUT2D eigenvalue weighted by atomic mass is 10.1. The highest BCUT2D eigenvalue weighted by atomic mass is 16.2. The third-order valence-corrected chi connectivity index (χ3v) is 2.80. The van der Waals surface area contributed by atoms with Crippen molar-refractivity contribution in [1.82, 2.24) is 4.90 Å². The first-order chi connectivity index (χ1) is 9.62. The van der Waals surface area contributed by atoms with Gasteiger partial charge in [-0.25, -0.2) is 0 Å². The summed E-state index contributed by atoms with van der Waals surface area (Å²) in [5.74, 6) is 5.02. The van der Waals surface area contributed by atoms with E-state index in [0.717, 1.165) is 0 Å². The van der Waals surface area contributed by atoms with E-state index in [1.165, 1.54) is 0 Å². The van der Waals surface area contributed by atoms with Crippen molar-refractivity contribution in [2.24, 2.45) is 5.92 Å². The van der Waals surface area contributed by atoms with E-state index in [-0.39, 0.29) is 18.4 Å². The van der Waals surface area contributed by atoms with Crippen LogP contribution in [0.5, 0.6) is 0 Å². The summed E-state index contributed by atoms with van der Waals surface area (Å²) in [4.78, 5) is 14.0. The van der Waals surface area contributed by atoms with Crippen LogP contribution in [0.2, 0.25) is 0 Å². The fraction of sp³-hybridized carbons (Fsp3) is 0.375. The van der Waals surface area contributed by atoms with Gasteiger partial charge in [-0.1, -0.05) is 17.9 Å². The zero-order valence-electron chi connectivity index (χ0n) is 11.8. The molecule has 1 atom stereocenters. The molecule has 0 bridgehead atoms. The molecule has 0 heterocycles. The van der Waals surface area contributed by atoms with E-state index >= 15 is 0 Å². The molecule has 0 spiro atoms. The molecule has 0 radical (unpaired) electrons. The maximum atomic E-state index is 12.4. The van der Waals surface area contributed by atoms with Gasteiger partial charge in [-0.15, -0.1) is 0 Å². The quantitative estimate of drug-likeness (QED) is 0.846. The summed E-state index contributed by atoms with van der Waals surface area (Å²) in [5.41, 5.74) is 1.23. The molecule has 0 saturated heterocycles. The minimum Gasteiger partial charge on any atom is -0.384 e. The number of carbonyl (C=O) groups excluding carboxylic acids is 1. The maximum absolute atomic E-state index is 12.4. The normalized spacial score (nSPS) is 10.9. The Kier molecular flexibility index (Phi) is 6.29. The standard InChI is InChI=1S/C16H18N2O2/c1-3-18(12-13(2)11-17)16(20)15-8-4-6-14(10-15)7-5-9-19/h4,6,8,10,13,19H,3,9,12H2,1-2H3. The van der Waals surface area contributed by atoms with Crippen LogP contribution in [0.1, 0.15) is 29.8 Å². The summed E-state index contributed by atoms with van der Waals surface area (Å²) < 4.78 is 0. The number of hydrogen-bond donors (Lipinski definition) is 1. The van der Waals surface area contributed by atoms with Crippen molar-refractivity contribution >= 4 is 5.91 Å². The van der Waals surface area contributed by atoms with Gasteiger partial charge in [-0.2, -0.15) is 5.26 Å². The first kappa shape index (κ1) is 15.8. The Labute approximate surface area is 119 Å². The molecule has 4 nitrogen and oxygen atoms in total. The summed E-state index contributed by atoms with van der Waals surface area (Å²) in [6.07, 6.45) is 0. The predicted octanol–water partition coefficient (Wildman–Crippen LogP) is 1.65. The average molecular weight is 270 g/mol. The van der Waals surface area contributed by atoms with Crippen molar-refractivity contribution in [2.75, 3.05) is 19.7 Å². The third kappa shape index (κ3) is 4.42. The summed E-state index contributed by atoms with van der Waals surface area (Å²) >= 11 is 0. The van der Waals surface area contributed by atoms with Crippen LogP contribution in [-0.2, 0) is 0 Å². The monoisotopic (exact) mass is 270 g/mol. The smallest absolute Gasteiger partial charge is 0.253 e. The summed E-state index contributed by atoms with van der Waals surface area (Å²) in [7, 11) is 0. The van der Waals surface area contributed by atoms with Crippen molar-refractivity contribution < 1.29 is 9.90 Å². The van der Waals surface area contributed by atoms with Gasteiger partial charge in [-0.05, 0) is 32.0 Å². The highest BCUT2D eigenvalue weighted by molar-refractivity contribution is 5.94. The second-order valence-electron chi connectivity index (χ2n) is 4.41. The molecule has 1 unspecified atom stereocenters. The van der Waals surface area contributed by atoms with E-state index in [1.54, 1.807) is 36.1 Å². The van der Waals surface area contributed by atoms with Crippen LogP contribution in [0.4, 0.5) is 0 Å². The van der Waals surface area contributed by atoms with Gasteiger partial charge in [0.05, 0.1) is 12.0 Å². The first-order valence-electron chi connectivity index (χ1n) is 6.51. The lowest BCUT2D eigenvalue weighted by molar-refractivity contribution is 0.0752. The Morgan fingerprint density at radius 1 is 1.50 bits per heavy atom. The van der Waals surface area contributed by atoms with Gasteiger partial charge in [0.25, 0.3) is 5.91 Å². The lowest BCUT2D eigenvalue weighted by Gasteiger charge is -2.22. The Morgan fingerprint density at radius 3 is 2.85 bits per heavy atom.